The zero-order chi connectivity index (χ0) is 18.8. The van der Waals surface area contributed by atoms with Gasteiger partial charge in [0.05, 0.1) is 17.0 Å². The number of hydrogen-bond acceptors (Lipinski definition) is 4. The molecule has 7 heteroatoms. The topological polar surface area (TPSA) is 78.1 Å². The summed E-state index contributed by atoms with van der Waals surface area (Å²) in [5, 5.41) is 8.40. The van der Waals surface area contributed by atoms with Crippen LogP contribution in [-0.2, 0) is 15.1 Å². The fraction of sp³-hybridized carbons (Fsp3) is 0.450. The summed E-state index contributed by atoms with van der Waals surface area (Å²) in [6, 6.07) is 5.45. The van der Waals surface area contributed by atoms with Crippen molar-refractivity contribution in [3.63, 3.8) is 0 Å². The van der Waals surface area contributed by atoms with Gasteiger partial charge in [-0.15, -0.1) is 5.10 Å². The molecule has 0 aliphatic heterocycles. The van der Waals surface area contributed by atoms with Crippen LogP contribution in [0.3, 0.4) is 0 Å². The van der Waals surface area contributed by atoms with Crippen molar-refractivity contribution in [1.29, 1.82) is 0 Å². The number of benzene rings is 1. The first-order valence-corrected chi connectivity index (χ1v) is 9.28. The summed E-state index contributed by atoms with van der Waals surface area (Å²) < 4.78 is 34.5. The van der Waals surface area contributed by atoms with Crippen LogP contribution in [-0.4, -0.2) is 22.2 Å². The molecule has 2 fully saturated rings. The molecule has 2 aromatic rings. The Morgan fingerprint density at radius 1 is 1.22 bits per heavy atom. The van der Waals surface area contributed by atoms with E-state index in [-0.39, 0.29) is 23.1 Å². The highest BCUT2D eigenvalue weighted by molar-refractivity contribution is 5.79. The number of nitrogens with zero attached hydrogens (tertiary/aromatic N) is 2. The largest absolute Gasteiger partial charge is 0.367 e. The van der Waals surface area contributed by atoms with Crippen molar-refractivity contribution in [2.24, 2.45) is 11.7 Å². The van der Waals surface area contributed by atoms with Crippen LogP contribution in [0.25, 0.3) is 11.3 Å². The van der Waals surface area contributed by atoms with E-state index < -0.39 is 29.2 Å². The Labute approximate surface area is 154 Å². The molecule has 1 aromatic heterocycles. The molecule has 1 aromatic carbocycles. The van der Waals surface area contributed by atoms with E-state index in [2.05, 4.69) is 10.2 Å². The number of amides is 1. The Morgan fingerprint density at radius 2 is 1.96 bits per heavy atom. The highest BCUT2D eigenvalue weighted by Crippen LogP contribution is 2.58. The van der Waals surface area contributed by atoms with Crippen molar-refractivity contribution in [3.8, 4) is 11.3 Å². The van der Waals surface area contributed by atoms with Gasteiger partial charge >= 0.3 is 0 Å². The molecule has 5 rings (SSSR count). The second-order valence-electron chi connectivity index (χ2n) is 7.84. The summed E-state index contributed by atoms with van der Waals surface area (Å²) in [6.45, 7) is 0. The predicted octanol–water partition coefficient (Wildman–Crippen LogP) is 3.18. The number of aromatic nitrogens is 2. The molecule has 0 spiro atoms. The maximum atomic E-state index is 14.1. The molecule has 3 atom stereocenters. The summed E-state index contributed by atoms with van der Waals surface area (Å²) in [7, 11) is 0. The summed E-state index contributed by atoms with van der Waals surface area (Å²) in [5.41, 5.74) is 6.50. The quantitative estimate of drug-likeness (QED) is 0.876. The third-order valence-corrected chi connectivity index (χ3v) is 6.07. The van der Waals surface area contributed by atoms with Gasteiger partial charge in [0, 0.05) is 0 Å². The van der Waals surface area contributed by atoms with Crippen molar-refractivity contribution < 1.29 is 18.3 Å². The molecule has 1 heterocycles. The Bertz CT molecular complexity index is 927. The number of carbonyl (C=O) groups excluding carboxylic acids is 1. The van der Waals surface area contributed by atoms with E-state index >= 15 is 0 Å². The number of ether oxygens (including phenoxy) is 1. The molecule has 0 radical (unpaired) electrons. The van der Waals surface area contributed by atoms with Gasteiger partial charge in [-0.3, -0.25) is 4.79 Å². The average molecular weight is 371 g/mol. The summed E-state index contributed by atoms with van der Waals surface area (Å²) in [4.78, 5) is 11.8. The van der Waals surface area contributed by atoms with Crippen LogP contribution >= 0.6 is 0 Å². The van der Waals surface area contributed by atoms with E-state index in [1.165, 1.54) is 18.2 Å². The lowest BCUT2D eigenvalue weighted by molar-refractivity contribution is -0.149. The molecule has 3 aliphatic rings. The molecule has 2 N–H and O–H groups in total. The van der Waals surface area contributed by atoms with Crippen LogP contribution < -0.4 is 5.73 Å². The molecule has 5 nitrogen and oxygen atoms in total. The second kappa shape index (κ2) is 5.79. The van der Waals surface area contributed by atoms with Crippen molar-refractivity contribution in [3.05, 3.63) is 47.2 Å². The van der Waals surface area contributed by atoms with E-state index in [1.807, 2.05) is 0 Å². The van der Waals surface area contributed by atoms with Crippen molar-refractivity contribution >= 4 is 5.91 Å². The molecular formula is C20H19F2N3O2. The van der Waals surface area contributed by atoms with Crippen molar-refractivity contribution in [2.75, 3.05) is 0 Å². The van der Waals surface area contributed by atoms with Crippen LogP contribution in [0.2, 0.25) is 0 Å². The normalized spacial score (nSPS) is 26.8. The monoisotopic (exact) mass is 371 g/mol. The number of hydrogen-bond donors (Lipinski definition) is 1. The third kappa shape index (κ3) is 2.56. The van der Waals surface area contributed by atoms with Gasteiger partial charge < -0.3 is 10.5 Å². The smallest absolute Gasteiger partial charge is 0.246 e. The first-order chi connectivity index (χ1) is 13.0. The Balaban J connectivity index is 1.54. The number of nitrogens with two attached hydrogens (primary N) is 1. The SMILES string of the molecule is NC(=O)C(O[C@]12CC[C@H](C1)c1cc(-c3c(F)cccc3F)nnc12)C1CC1. The van der Waals surface area contributed by atoms with E-state index in [0.29, 0.717) is 12.1 Å². The molecule has 2 saturated carbocycles. The lowest BCUT2D eigenvalue weighted by Crippen LogP contribution is -2.40. The molecule has 1 amide bonds. The predicted molar refractivity (Wildman–Crippen MR) is 92.4 cm³/mol. The minimum atomic E-state index is -0.666. The highest BCUT2D eigenvalue weighted by atomic mass is 19.1. The van der Waals surface area contributed by atoms with Crippen LogP contribution in [0.4, 0.5) is 8.78 Å². The van der Waals surface area contributed by atoms with Crippen molar-refractivity contribution in [1.82, 2.24) is 10.2 Å². The number of carbonyl (C=O) groups is 1. The van der Waals surface area contributed by atoms with Crippen molar-refractivity contribution in [2.45, 2.75) is 49.7 Å². The van der Waals surface area contributed by atoms with Gasteiger partial charge in [0.1, 0.15) is 23.3 Å². The summed E-state index contributed by atoms with van der Waals surface area (Å²) in [6.07, 6.45) is 3.61. The fourth-order valence-corrected chi connectivity index (χ4v) is 4.62. The van der Waals surface area contributed by atoms with Crippen LogP contribution in [0.15, 0.2) is 24.3 Å². The Kier molecular flexibility index (Phi) is 3.59. The van der Waals surface area contributed by atoms with Crippen LogP contribution in [0, 0.1) is 17.6 Å². The number of rotatable bonds is 5. The van der Waals surface area contributed by atoms with Gasteiger partial charge in [-0.25, -0.2) is 8.78 Å². The van der Waals surface area contributed by atoms with Gasteiger partial charge in [-0.05, 0) is 67.7 Å². The lowest BCUT2D eigenvalue weighted by atomic mass is 9.92. The van der Waals surface area contributed by atoms with Gasteiger partial charge in [0.2, 0.25) is 5.91 Å². The number of primary amides is 1. The molecule has 2 bridgehead atoms. The van der Waals surface area contributed by atoms with E-state index in [9.17, 15) is 13.6 Å². The number of fused-ring (bicyclic) bond motifs is 5. The average Bonchev–Trinajstić information content (AvgIpc) is 3.32. The number of halogens is 2. The van der Waals surface area contributed by atoms with Crippen LogP contribution in [0.1, 0.15) is 49.3 Å². The van der Waals surface area contributed by atoms with Crippen LogP contribution in [0.5, 0.6) is 0 Å². The minimum absolute atomic E-state index is 0.168. The maximum Gasteiger partial charge on any atom is 0.246 e. The van der Waals surface area contributed by atoms with Gasteiger partial charge in [-0.2, -0.15) is 5.10 Å². The summed E-state index contributed by atoms with van der Waals surface area (Å²) in [5.74, 6) is -1.40. The Morgan fingerprint density at radius 3 is 2.63 bits per heavy atom. The standard InChI is InChI=1S/C20H19F2N3O2/c21-13-2-1-3-14(22)16(13)15-8-12-11-6-7-20(9-11,18(12)25-24-15)27-17(19(23)26)10-4-5-10/h1-3,8,10-11,17H,4-7,9H2,(H2,23,26)/t11-,17?,20-/m1/s1. The minimum Gasteiger partial charge on any atom is -0.367 e. The van der Waals surface area contributed by atoms with E-state index in [4.69, 9.17) is 10.5 Å². The van der Waals surface area contributed by atoms with Gasteiger partial charge in [0.15, 0.2) is 0 Å². The lowest BCUT2D eigenvalue weighted by Gasteiger charge is -2.31. The summed E-state index contributed by atoms with van der Waals surface area (Å²) >= 11 is 0. The first-order valence-electron chi connectivity index (χ1n) is 9.28. The molecule has 0 saturated heterocycles. The second-order valence-corrected chi connectivity index (χ2v) is 7.84. The Hall–Kier alpha value is -2.41. The maximum absolute atomic E-state index is 14.1. The van der Waals surface area contributed by atoms with Gasteiger partial charge in [0.25, 0.3) is 0 Å². The van der Waals surface area contributed by atoms with E-state index in [1.54, 1.807) is 6.07 Å². The van der Waals surface area contributed by atoms with E-state index in [0.717, 1.165) is 31.2 Å². The molecule has 1 unspecified atom stereocenters. The fourth-order valence-electron chi connectivity index (χ4n) is 4.62. The molecule has 27 heavy (non-hydrogen) atoms. The zero-order valence-electron chi connectivity index (χ0n) is 14.6. The first kappa shape index (κ1) is 16.7. The highest BCUT2D eigenvalue weighted by Gasteiger charge is 2.55. The molecular weight excluding hydrogens is 352 g/mol. The zero-order valence-corrected chi connectivity index (χ0v) is 14.6. The molecule has 3 aliphatic carbocycles. The third-order valence-electron chi connectivity index (χ3n) is 6.07. The van der Waals surface area contributed by atoms with Gasteiger partial charge in [-0.1, -0.05) is 6.07 Å². The molecule has 140 valence electrons.